The second-order valence-corrected chi connectivity index (χ2v) is 6.14. The number of hydrogen-bond donors (Lipinski definition) is 3. The standard InChI is InChI=1S/C17H22N6O2/c1-23-11-12(8-21-23)14-9-19-10-15(14)17(25)20-7-4-16(24)22-13-2-5-18-6-3-13/h2-3,5-6,8,11,14-15,19H,4,7,9-10H2,1H3,(H,20,25)(H,18,22,24)/t14-,15+/m1/s1. The van der Waals surface area contributed by atoms with Crippen LogP contribution in [0.1, 0.15) is 17.9 Å². The van der Waals surface area contributed by atoms with Gasteiger partial charge in [0.1, 0.15) is 0 Å². The molecule has 132 valence electrons. The minimum atomic E-state index is -0.146. The average Bonchev–Trinajstić information content (AvgIpc) is 3.24. The second-order valence-electron chi connectivity index (χ2n) is 6.14. The molecule has 0 saturated carbocycles. The van der Waals surface area contributed by atoms with Crippen LogP contribution >= 0.6 is 0 Å². The number of rotatable bonds is 6. The van der Waals surface area contributed by atoms with Crippen LogP contribution in [0.25, 0.3) is 0 Å². The number of aryl methyl sites for hydroxylation is 1. The molecular formula is C17H22N6O2. The van der Waals surface area contributed by atoms with E-state index in [1.807, 2.05) is 13.2 Å². The highest BCUT2D eigenvalue weighted by Gasteiger charge is 2.34. The number of nitrogens with zero attached hydrogens (tertiary/aromatic N) is 3. The first-order chi connectivity index (χ1) is 12.1. The molecule has 8 heteroatoms. The minimum absolute atomic E-state index is 0.0319. The summed E-state index contributed by atoms with van der Waals surface area (Å²) in [6, 6.07) is 3.44. The fourth-order valence-corrected chi connectivity index (χ4v) is 3.03. The molecule has 1 saturated heterocycles. The maximum Gasteiger partial charge on any atom is 0.226 e. The van der Waals surface area contributed by atoms with Crippen molar-refractivity contribution in [3.8, 4) is 0 Å². The largest absolute Gasteiger partial charge is 0.355 e. The van der Waals surface area contributed by atoms with E-state index in [-0.39, 0.29) is 30.1 Å². The molecule has 0 bridgehead atoms. The third-order valence-corrected chi connectivity index (χ3v) is 4.32. The van der Waals surface area contributed by atoms with Crippen LogP contribution in [0.2, 0.25) is 0 Å². The molecule has 2 atom stereocenters. The Morgan fingerprint density at radius 2 is 2.12 bits per heavy atom. The lowest BCUT2D eigenvalue weighted by atomic mass is 9.90. The van der Waals surface area contributed by atoms with Gasteiger partial charge in [-0.15, -0.1) is 0 Å². The molecule has 0 aliphatic carbocycles. The highest BCUT2D eigenvalue weighted by molar-refractivity contribution is 5.91. The van der Waals surface area contributed by atoms with Gasteiger partial charge in [-0.3, -0.25) is 19.3 Å². The van der Waals surface area contributed by atoms with Crippen LogP contribution in [0.5, 0.6) is 0 Å². The second kappa shape index (κ2) is 7.89. The molecule has 8 nitrogen and oxygen atoms in total. The molecule has 3 heterocycles. The van der Waals surface area contributed by atoms with Crippen molar-refractivity contribution in [2.75, 3.05) is 25.0 Å². The maximum atomic E-state index is 12.5. The van der Waals surface area contributed by atoms with Crippen molar-refractivity contribution in [1.29, 1.82) is 0 Å². The number of aromatic nitrogens is 3. The summed E-state index contributed by atoms with van der Waals surface area (Å²) >= 11 is 0. The minimum Gasteiger partial charge on any atom is -0.355 e. The van der Waals surface area contributed by atoms with E-state index in [1.165, 1.54) is 0 Å². The molecule has 3 rings (SSSR count). The normalized spacial score (nSPS) is 19.6. The zero-order valence-corrected chi connectivity index (χ0v) is 14.1. The lowest BCUT2D eigenvalue weighted by molar-refractivity contribution is -0.124. The van der Waals surface area contributed by atoms with Crippen molar-refractivity contribution in [1.82, 2.24) is 25.4 Å². The van der Waals surface area contributed by atoms with E-state index in [1.54, 1.807) is 35.4 Å². The number of pyridine rings is 1. The molecule has 2 aromatic rings. The van der Waals surface area contributed by atoms with Crippen molar-refractivity contribution >= 4 is 17.5 Å². The molecule has 1 aliphatic rings. The molecular weight excluding hydrogens is 320 g/mol. The van der Waals surface area contributed by atoms with Crippen LogP contribution in [0.15, 0.2) is 36.9 Å². The van der Waals surface area contributed by atoms with Crippen LogP contribution in [0, 0.1) is 5.92 Å². The van der Waals surface area contributed by atoms with Crippen LogP contribution < -0.4 is 16.0 Å². The molecule has 0 aromatic carbocycles. The third-order valence-electron chi connectivity index (χ3n) is 4.32. The van der Waals surface area contributed by atoms with Gasteiger partial charge in [-0.25, -0.2) is 0 Å². The summed E-state index contributed by atoms with van der Waals surface area (Å²) in [7, 11) is 1.86. The van der Waals surface area contributed by atoms with Crippen molar-refractivity contribution in [3.05, 3.63) is 42.5 Å². The Morgan fingerprint density at radius 1 is 1.32 bits per heavy atom. The van der Waals surface area contributed by atoms with Gasteiger partial charge in [-0.05, 0) is 17.7 Å². The number of hydrogen-bond acceptors (Lipinski definition) is 5. The highest BCUT2D eigenvalue weighted by atomic mass is 16.2. The fourth-order valence-electron chi connectivity index (χ4n) is 3.03. The van der Waals surface area contributed by atoms with E-state index >= 15 is 0 Å². The van der Waals surface area contributed by atoms with E-state index in [0.717, 1.165) is 12.1 Å². The molecule has 1 aliphatic heterocycles. The van der Waals surface area contributed by atoms with Crippen molar-refractivity contribution in [2.24, 2.45) is 13.0 Å². The molecule has 1 fully saturated rings. The average molecular weight is 342 g/mol. The van der Waals surface area contributed by atoms with Crippen LogP contribution in [0.3, 0.4) is 0 Å². The monoisotopic (exact) mass is 342 g/mol. The van der Waals surface area contributed by atoms with Crippen molar-refractivity contribution in [3.63, 3.8) is 0 Å². The summed E-state index contributed by atoms with van der Waals surface area (Å²) < 4.78 is 1.74. The molecule has 2 amide bonds. The first kappa shape index (κ1) is 17.1. The third kappa shape index (κ3) is 4.42. The Bertz CT molecular complexity index is 730. The molecule has 2 aromatic heterocycles. The van der Waals surface area contributed by atoms with Gasteiger partial charge in [-0.2, -0.15) is 5.10 Å². The Labute approximate surface area is 146 Å². The van der Waals surface area contributed by atoms with Gasteiger partial charge in [0.05, 0.1) is 12.1 Å². The van der Waals surface area contributed by atoms with Crippen molar-refractivity contribution in [2.45, 2.75) is 12.3 Å². The van der Waals surface area contributed by atoms with E-state index in [2.05, 4.69) is 26.0 Å². The summed E-state index contributed by atoms with van der Waals surface area (Å²) in [6.45, 7) is 1.70. The van der Waals surface area contributed by atoms with Gasteiger partial charge >= 0.3 is 0 Å². The number of amides is 2. The van der Waals surface area contributed by atoms with E-state index in [0.29, 0.717) is 18.8 Å². The quantitative estimate of drug-likeness (QED) is 0.699. The zero-order valence-electron chi connectivity index (χ0n) is 14.1. The smallest absolute Gasteiger partial charge is 0.226 e. The van der Waals surface area contributed by atoms with E-state index in [4.69, 9.17) is 0 Å². The molecule has 25 heavy (non-hydrogen) atoms. The Hall–Kier alpha value is -2.74. The van der Waals surface area contributed by atoms with Gasteiger partial charge in [-0.1, -0.05) is 0 Å². The van der Waals surface area contributed by atoms with E-state index in [9.17, 15) is 9.59 Å². The molecule has 0 spiro atoms. The summed E-state index contributed by atoms with van der Waals surface area (Å²) in [5, 5.41) is 13.1. The van der Waals surface area contributed by atoms with Gasteiger partial charge in [0, 0.05) is 63.3 Å². The van der Waals surface area contributed by atoms with E-state index < -0.39 is 0 Å². The lowest BCUT2D eigenvalue weighted by Crippen LogP contribution is -2.36. The first-order valence-corrected chi connectivity index (χ1v) is 8.30. The van der Waals surface area contributed by atoms with Gasteiger partial charge in [0.2, 0.25) is 11.8 Å². The predicted octanol–water partition coefficient (Wildman–Crippen LogP) is 0.263. The Morgan fingerprint density at radius 3 is 2.84 bits per heavy atom. The topological polar surface area (TPSA) is 101 Å². The highest BCUT2D eigenvalue weighted by Crippen LogP contribution is 2.27. The Balaban J connectivity index is 1.46. The number of carbonyl (C=O) groups excluding carboxylic acids is 2. The van der Waals surface area contributed by atoms with Gasteiger partial charge in [0.25, 0.3) is 0 Å². The van der Waals surface area contributed by atoms with Crippen LogP contribution in [-0.4, -0.2) is 46.2 Å². The molecule has 0 unspecified atom stereocenters. The summed E-state index contributed by atoms with van der Waals surface area (Å²) in [5.74, 6) is -0.206. The number of anilines is 1. The summed E-state index contributed by atoms with van der Waals surface area (Å²) in [5.41, 5.74) is 1.76. The van der Waals surface area contributed by atoms with Crippen LogP contribution in [0.4, 0.5) is 5.69 Å². The maximum absolute atomic E-state index is 12.5. The van der Waals surface area contributed by atoms with Gasteiger partial charge < -0.3 is 16.0 Å². The molecule has 3 N–H and O–H groups in total. The summed E-state index contributed by atoms with van der Waals surface area (Å²) in [4.78, 5) is 28.3. The Kier molecular flexibility index (Phi) is 5.39. The fraction of sp³-hybridized carbons (Fsp3) is 0.412. The summed E-state index contributed by atoms with van der Waals surface area (Å²) in [6.07, 6.45) is 7.21. The van der Waals surface area contributed by atoms with Crippen molar-refractivity contribution < 1.29 is 9.59 Å². The van der Waals surface area contributed by atoms with Gasteiger partial charge in [0.15, 0.2) is 0 Å². The van der Waals surface area contributed by atoms with Crippen LogP contribution in [-0.2, 0) is 16.6 Å². The SMILES string of the molecule is Cn1cc([C@H]2CNC[C@@H]2C(=O)NCCC(=O)Nc2ccncc2)cn1. The first-order valence-electron chi connectivity index (χ1n) is 8.30. The predicted molar refractivity (Wildman–Crippen MR) is 92.8 cm³/mol. The zero-order chi connectivity index (χ0) is 17.6. The lowest BCUT2D eigenvalue weighted by Gasteiger charge is -2.17. The molecule has 0 radical (unpaired) electrons. The number of nitrogens with one attached hydrogen (secondary N) is 3. The number of carbonyl (C=O) groups is 2.